The van der Waals surface area contributed by atoms with E-state index in [1.807, 2.05) is 6.07 Å². The van der Waals surface area contributed by atoms with Crippen LogP contribution in [0.15, 0.2) is 36.5 Å². The average molecular weight is 352 g/mol. The zero-order chi connectivity index (χ0) is 17.5. The molecule has 0 bridgehead atoms. The van der Waals surface area contributed by atoms with Crippen LogP contribution in [-0.4, -0.2) is 16.5 Å². The van der Waals surface area contributed by atoms with E-state index in [0.717, 1.165) is 16.7 Å². The maximum Gasteiger partial charge on any atom is 0.417 e. The number of aromatic nitrogens is 2. The van der Waals surface area contributed by atoms with Crippen molar-refractivity contribution in [1.29, 1.82) is 5.26 Å². The van der Waals surface area contributed by atoms with Crippen molar-refractivity contribution in [3.63, 3.8) is 0 Å². The predicted molar refractivity (Wildman–Crippen MR) is 81.9 cm³/mol. The van der Waals surface area contributed by atoms with Crippen molar-refractivity contribution in [3.8, 4) is 23.1 Å². The molecule has 24 heavy (non-hydrogen) atoms. The van der Waals surface area contributed by atoms with Crippen molar-refractivity contribution >= 4 is 17.2 Å². The molecule has 0 saturated carbocycles. The van der Waals surface area contributed by atoms with Crippen LogP contribution in [0, 0.1) is 11.3 Å². The van der Waals surface area contributed by atoms with E-state index in [4.69, 9.17) is 16.3 Å². The summed E-state index contributed by atoms with van der Waals surface area (Å²) in [7, 11) is 1.51. The highest BCUT2D eigenvalue weighted by Crippen LogP contribution is 2.34. The summed E-state index contributed by atoms with van der Waals surface area (Å²) in [6.07, 6.45) is -3.76. The molecule has 0 fully saturated rings. The Labute approximate surface area is 139 Å². The fourth-order valence-corrected chi connectivity index (χ4v) is 2.57. The highest BCUT2D eigenvalue weighted by atomic mass is 35.5. The van der Waals surface area contributed by atoms with Gasteiger partial charge in [0.15, 0.2) is 11.3 Å². The molecule has 0 radical (unpaired) electrons. The van der Waals surface area contributed by atoms with Crippen molar-refractivity contribution in [1.82, 2.24) is 9.38 Å². The van der Waals surface area contributed by atoms with Crippen LogP contribution >= 0.6 is 11.6 Å². The number of hydrogen-bond acceptors (Lipinski definition) is 3. The molecule has 0 unspecified atom stereocenters. The molecule has 3 rings (SSSR count). The molecule has 0 aliphatic carbocycles. The van der Waals surface area contributed by atoms with Gasteiger partial charge in [0.2, 0.25) is 0 Å². The molecule has 0 spiro atoms. The van der Waals surface area contributed by atoms with Gasteiger partial charge in [-0.3, -0.25) is 4.40 Å². The summed E-state index contributed by atoms with van der Waals surface area (Å²) in [6.45, 7) is 0. The number of nitrogens with zero attached hydrogens (tertiary/aromatic N) is 3. The van der Waals surface area contributed by atoms with Gasteiger partial charge < -0.3 is 4.74 Å². The van der Waals surface area contributed by atoms with Gasteiger partial charge in [-0.15, -0.1) is 0 Å². The number of hydrogen-bond donors (Lipinski definition) is 0. The maximum absolute atomic E-state index is 13.0. The first-order valence-corrected chi connectivity index (χ1v) is 7.06. The van der Waals surface area contributed by atoms with Gasteiger partial charge in [-0.2, -0.15) is 18.4 Å². The summed E-state index contributed by atoms with van der Waals surface area (Å²) in [5, 5.41) is 9.21. The lowest BCUT2D eigenvalue weighted by Gasteiger charge is -2.08. The average Bonchev–Trinajstić information content (AvgIpc) is 2.93. The molecule has 2 aromatic heterocycles. The molecule has 0 aliphatic heterocycles. The van der Waals surface area contributed by atoms with Crippen molar-refractivity contribution in [3.05, 3.63) is 52.8 Å². The Morgan fingerprint density at radius 1 is 1.25 bits per heavy atom. The Balaban J connectivity index is 2.26. The van der Waals surface area contributed by atoms with Crippen LogP contribution in [0.2, 0.25) is 5.02 Å². The van der Waals surface area contributed by atoms with E-state index >= 15 is 0 Å². The third-order valence-corrected chi connectivity index (χ3v) is 3.75. The molecule has 1 aromatic carbocycles. The van der Waals surface area contributed by atoms with Crippen LogP contribution in [0.25, 0.3) is 16.9 Å². The molecular weight excluding hydrogens is 343 g/mol. The number of ether oxygens (including phenoxy) is 1. The fourth-order valence-electron chi connectivity index (χ4n) is 2.32. The number of alkyl halides is 3. The Hall–Kier alpha value is -2.72. The third-order valence-electron chi connectivity index (χ3n) is 3.47. The third kappa shape index (κ3) is 2.65. The number of imidazole rings is 1. The topological polar surface area (TPSA) is 50.3 Å². The van der Waals surface area contributed by atoms with Gasteiger partial charge in [0.25, 0.3) is 0 Å². The van der Waals surface area contributed by atoms with Crippen LogP contribution < -0.4 is 4.74 Å². The quantitative estimate of drug-likeness (QED) is 0.680. The highest BCUT2D eigenvalue weighted by molar-refractivity contribution is 6.33. The first-order valence-electron chi connectivity index (χ1n) is 6.68. The molecule has 4 nitrogen and oxygen atoms in total. The molecule has 0 N–H and O–H groups in total. The zero-order valence-corrected chi connectivity index (χ0v) is 13.0. The number of nitriles is 1. The molecular formula is C16H9ClF3N3O. The minimum absolute atomic E-state index is 0.0248. The SMILES string of the molecule is COc1ccc(-c2nc3c(Cl)cc(C(F)(F)F)cn3c2C#N)cc1. The number of fused-ring (bicyclic) bond motifs is 1. The number of halogens is 4. The number of methoxy groups -OCH3 is 1. The summed E-state index contributed by atoms with van der Waals surface area (Å²) in [5.41, 5.74) is -0.0626. The molecule has 3 aromatic rings. The lowest BCUT2D eigenvalue weighted by molar-refractivity contribution is -0.137. The molecule has 122 valence electrons. The molecule has 0 atom stereocenters. The van der Waals surface area contributed by atoms with Crippen molar-refractivity contribution in [2.24, 2.45) is 0 Å². The molecule has 0 aliphatic rings. The summed E-state index contributed by atoms with van der Waals surface area (Å²) < 4.78 is 45.0. The van der Waals surface area contributed by atoms with Gasteiger partial charge in [0, 0.05) is 11.8 Å². The molecule has 2 heterocycles. The monoisotopic (exact) mass is 351 g/mol. The van der Waals surface area contributed by atoms with Gasteiger partial charge in [-0.05, 0) is 30.3 Å². The number of rotatable bonds is 2. The van der Waals surface area contributed by atoms with Crippen LogP contribution in [0.4, 0.5) is 13.2 Å². The van der Waals surface area contributed by atoms with Crippen molar-refractivity contribution in [2.75, 3.05) is 7.11 Å². The number of benzene rings is 1. The van der Waals surface area contributed by atoms with E-state index < -0.39 is 11.7 Å². The minimum Gasteiger partial charge on any atom is -0.497 e. The van der Waals surface area contributed by atoms with E-state index in [0.29, 0.717) is 11.3 Å². The second kappa shape index (κ2) is 5.73. The molecule has 0 amide bonds. The van der Waals surface area contributed by atoms with Gasteiger partial charge in [-0.25, -0.2) is 4.98 Å². The molecule has 0 saturated heterocycles. The first kappa shape index (κ1) is 16.1. The first-order chi connectivity index (χ1) is 11.3. The second-order valence-corrected chi connectivity index (χ2v) is 5.32. The Morgan fingerprint density at radius 2 is 1.92 bits per heavy atom. The zero-order valence-electron chi connectivity index (χ0n) is 12.2. The lowest BCUT2D eigenvalue weighted by atomic mass is 10.1. The van der Waals surface area contributed by atoms with Crippen LogP contribution in [-0.2, 0) is 6.18 Å². The van der Waals surface area contributed by atoms with E-state index in [-0.39, 0.29) is 22.1 Å². The summed E-state index contributed by atoms with van der Waals surface area (Å²) in [4.78, 5) is 4.23. The summed E-state index contributed by atoms with van der Waals surface area (Å²) >= 11 is 5.93. The summed E-state index contributed by atoms with van der Waals surface area (Å²) in [6, 6.07) is 9.36. The molecule has 8 heteroatoms. The standard InChI is InChI=1S/C16H9ClF3N3O/c1-24-11-4-2-9(3-5-11)14-13(7-21)23-8-10(16(18,19)20)6-12(17)15(23)22-14/h2-6,8H,1H3. The van der Waals surface area contributed by atoms with Crippen LogP contribution in [0.1, 0.15) is 11.3 Å². The van der Waals surface area contributed by atoms with Gasteiger partial charge >= 0.3 is 6.18 Å². The Morgan fingerprint density at radius 3 is 2.46 bits per heavy atom. The maximum atomic E-state index is 13.0. The van der Waals surface area contributed by atoms with E-state index in [2.05, 4.69) is 4.98 Å². The van der Waals surface area contributed by atoms with E-state index in [1.165, 1.54) is 7.11 Å². The van der Waals surface area contributed by atoms with Crippen LogP contribution in [0.3, 0.4) is 0 Å². The Kier molecular flexibility index (Phi) is 3.85. The second-order valence-electron chi connectivity index (χ2n) is 4.92. The van der Waals surface area contributed by atoms with E-state index in [1.54, 1.807) is 24.3 Å². The van der Waals surface area contributed by atoms with Crippen LogP contribution in [0.5, 0.6) is 5.75 Å². The van der Waals surface area contributed by atoms with Gasteiger partial charge in [0.05, 0.1) is 17.7 Å². The van der Waals surface area contributed by atoms with Crippen molar-refractivity contribution < 1.29 is 17.9 Å². The lowest BCUT2D eigenvalue weighted by Crippen LogP contribution is -2.07. The van der Waals surface area contributed by atoms with Gasteiger partial charge in [-0.1, -0.05) is 11.6 Å². The van der Waals surface area contributed by atoms with E-state index in [9.17, 15) is 18.4 Å². The smallest absolute Gasteiger partial charge is 0.417 e. The van der Waals surface area contributed by atoms with Gasteiger partial charge in [0.1, 0.15) is 17.5 Å². The fraction of sp³-hybridized carbons (Fsp3) is 0.125. The highest BCUT2D eigenvalue weighted by Gasteiger charge is 2.32. The largest absolute Gasteiger partial charge is 0.497 e. The van der Waals surface area contributed by atoms with Crippen molar-refractivity contribution in [2.45, 2.75) is 6.18 Å². The predicted octanol–water partition coefficient (Wildman–Crippen LogP) is 4.55. The minimum atomic E-state index is -4.57. The normalized spacial score (nSPS) is 11.5. The Bertz CT molecular complexity index is 956. The number of pyridine rings is 1. The summed E-state index contributed by atoms with van der Waals surface area (Å²) in [5.74, 6) is 0.610.